The van der Waals surface area contributed by atoms with Gasteiger partial charge in [-0.2, -0.15) is 0 Å². The van der Waals surface area contributed by atoms with Gasteiger partial charge in [-0.3, -0.25) is 9.59 Å². The molecule has 1 aliphatic heterocycles. The lowest BCUT2D eigenvalue weighted by atomic mass is 10.3. The van der Waals surface area contributed by atoms with Gasteiger partial charge in [0.2, 0.25) is 11.8 Å². The minimum atomic E-state index is -0.572. The molecule has 0 aliphatic carbocycles. The summed E-state index contributed by atoms with van der Waals surface area (Å²) in [6.07, 6.45) is 2.07. The summed E-state index contributed by atoms with van der Waals surface area (Å²) < 4.78 is 0. The number of nitrogens with one attached hydrogen (secondary N) is 1. The lowest BCUT2D eigenvalue weighted by Crippen LogP contribution is -2.46. The maximum Gasteiger partial charge on any atom is 0.246 e. The average molecular weight is 200 g/mol. The summed E-state index contributed by atoms with van der Waals surface area (Å²) in [7, 11) is 0. The minimum Gasteiger partial charge on any atom is -0.387 e. The van der Waals surface area contributed by atoms with Crippen molar-refractivity contribution in [2.24, 2.45) is 0 Å². The molecule has 1 atom stereocenters. The van der Waals surface area contributed by atoms with Crippen LogP contribution in [0.1, 0.15) is 19.8 Å². The van der Waals surface area contributed by atoms with Gasteiger partial charge < -0.3 is 15.3 Å². The third-order valence-corrected chi connectivity index (χ3v) is 2.31. The van der Waals surface area contributed by atoms with Crippen molar-refractivity contribution in [3.05, 3.63) is 0 Å². The molecule has 2 N–H and O–H groups in total. The number of hydrogen-bond donors (Lipinski definition) is 2. The number of hydrogen-bond acceptors (Lipinski definition) is 3. The van der Waals surface area contributed by atoms with Crippen LogP contribution in [0.3, 0.4) is 0 Å². The van der Waals surface area contributed by atoms with Gasteiger partial charge in [-0.15, -0.1) is 0 Å². The lowest BCUT2D eigenvalue weighted by molar-refractivity contribution is -0.135. The Morgan fingerprint density at radius 3 is 2.50 bits per heavy atom. The van der Waals surface area contributed by atoms with Gasteiger partial charge in [0.1, 0.15) is 12.6 Å². The normalized spacial score (nSPS) is 18.0. The zero-order valence-corrected chi connectivity index (χ0v) is 8.32. The van der Waals surface area contributed by atoms with Gasteiger partial charge in [-0.1, -0.05) is 0 Å². The Morgan fingerprint density at radius 2 is 2.00 bits per heavy atom. The minimum absolute atomic E-state index is 0.0655. The van der Waals surface area contributed by atoms with Crippen molar-refractivity contribution in [2.75, 3.05) is 19.7 Å². The molecule has 1 saturated heterocycles. The molecule has 0 spiro atoms. The van der Waals surface area contributed by atoms with Gasteiger partial charge in [-0.25, -0.2) is 0 Å². The van der Waals surface area contributed by atoms with E-state index in [2.05, 4.69) is 5.32 Å². The molecule has 5 heteroatoms. The third kappa shape index (κ3) is 2.70. The third-order valence-electron chi connectivity index (χ3n) is 2.31. The van der Waals surface area contributed by atoms with Crippen LogP contribution in [0.15, 0.2) is 0 Å². The molecule has 2 amide bonds. The summed E-state index contributed by atoms with van der Waals surface area (Å²) >= 11 is 0. The van der Waals surface area contributed by atoms with Crippen LogP contribution in [0.4, 0.5) is 0 Å². The van der Waals surface area contributed by atoms with E-state index in [0.29, 0.717) is 0 Å². The summed E-state index contributed by atoms with van der Waals surface area (Å²) in [5.74, 6) is -0.575. The molecule has 0 saturated carbocycles. The standard InChI is InChI=1S/C9H16N2O3/c1-7(10-8(13)6-12)9(14)11-4-2-3-5-11/h7,12H,2-6H2,1H3,(H,10,13)/t7-/m0/s1. The van der Waals surface area contributed by atoms with E-state index >= 15 is 0 Å². The highest BCUT2D eigenvalue weighted by atomic mass is 16.3. The van der Waals surface area contributed by atoms with Gasteiger partial charge >= 0.3 is 0 Å². The molecule has 1 fully saturated rings. The van der Waals surface area contributed by atoms with Crippen molar-refractivity contribution in [2.45, 2.75) is 25.8 Å². The summed E-state index contributed by atoms with van der Waals surface area (Å²) in [4.78, 5) is 24.2. The van der Waals surface area contributed by atoms with Crippen molar-refractivity contribution in [1.29, 1.82) is 0 Å². The van der Waals surface area contributed by atoms with Gasteiger partial charge in [0, 0.05) is 13.1 Å². The van der Waals surface area contributed by atoms with Crippen molar-refractivity contribution in [3.63, 3.8) is 0 Å². The first kappa shape index (κ1) is 11.0. The second-order valence-corrected chi connectivity index (χ2v) is 3.48. The molecule has 1 heterocycles. The Kier molecular flexibility index (Phi) is 3.88. The summed E-state index contributed by atoms with van der Waals surface area (Å²) in [6, 6.07) is -0.534. The molecule has 1 aliphatic rings. The topological polar surface area (TPSA) is 69.6 Å². The molecular formula is C9H16N2O3. The zero-order valence-electron chi connectivity index (χ0n) is 8.32. The summed E-state index contributed by atoms with van der Waals surface area (Å²) in [5, 5.41) is 10.9. The molecule has 1 rings (SSSR count). The Bertz CT molecular complexity index is 224. The molecule has 0 radical (unpaired) electrons. The van der Waals surface area contributed by atoms with Crippen LogP contribution in [-0.2, 0) is 9.59 Å². The van der Waals surface area contributed by atoms with Crippen molar-refractivity contribution < 1.29 is 14.7 Å². The fourth-order valence-electron chi connectivity index (χ4n) is 1.56. The second-order valence-electron chi connectivity index (χ2n) is 3.48. The molecule has 0 aromatic heterocycles. The Hall–Kier alpha value is -1.10. The number of likely N-dealkylation sites (tertiary alicyclic amines) is 1. The van der Waals surface area contributed by atoms with Crippen LogP contribution >= 0.6 is 0 Å². The molecule has 14 heavy (non-hydrogen) atoms. The number of aliphatic hydroxyl groups excluding tert-OH is 1. The maximum atomic E-state index is 11.6. The Morgan fingerprint density at radius 1 is 1.43 bits per heavy atom. The quantitative estimate of drug-likeness (QED) is 0.620. The number of carbonyl (C=O) groups excluding carboxylic acids is 2. The molecule has 0 unspecified atom stereocenters. The van der Waals surface area contributed by atoms with Crippen LogP contribution in [0.25, 0.3) is 0 Å². The Balaban J connectivity index is 2.39. The maximum absolute atomic E-state index is 11.6. The average Bonchev–Trinajstić information content (AvgIpc) is 2.69. The van der Waals surface area contributed by atoms with Gasteiger partial charge in [-0.05, 0) is 19.8 Å². The molecule has 5 nitrogen and oxygen atoms in total. The monoisotopic (exact) mass is 200 g/mol. The summed E-state index contributed by atoms with van der Waals surface area (Å²) in [5.41, 5.74) is 0. The van der Waals surface area contributed by atoms with Crippen molar-refractivity contribution in [1.82, 2.24) is 10.2 Å². The summed E-state index contributed by atoms with van der Waals surface area (Å²) in [6.45, 7) is 2.61. The fraction of sp³-hybridized carbons (Fsp3) is 0.778. The van der Waals surface area contributed by atoms with E-state index in [4.69, 9.17) is 5.11 Å². The lowest BCUT2D eigenvalue weighted by Gasteiger charge is -2.20. The largest absolute Gasteiger partial charge is 0.387 e. The van der Waals surface area contributed by atoms with Crippen molar-refractivity contribution >= 4 is 11.8 Å². The van der Waals surface area contributed by atoms with E-state index in [1.807, 2.05) is 0 Å². The highest BCUT2D eigenvalue weighted by Crippen LogP contribution is 2.08. The van der Waals surface area contributed by atoms with Crippen LogP contribution in [0.2, 0.25) is 0 Å². The number of carbonyl (C=O) groups is 2. The Labute approximate surface area is 83.1 Å². The van der Waals surface area contributed by atoms with Crippen LogP contribution < -0.4 is 5.32 Å². The fourth-order valence-corrected chi connectivity index (χ4v) is 1.56. The molecule has 0 aromatic rings. The molecule has 0 bridgehead atoms. The van der Waals surface area contributed by atoms with E-state index in [1.165, 1.54) is 0 Å². The van der Waals surface area contributed by atoms with Crippen LogP contribution in [0, 0.1) is 0 Å². The molecular weight excluding hydrogens is 184 g/mol. The number of nitrogens with zero attached hydrogens (tertiary/aromatic N) is 1. The SMILES string of the molecule is C[C@H](NC(=O)CO)C(=O)N1CCCC1. The van der Waals surface area contributed by atoms with E-state index in [-0.39, 0.29) is 5.91 Å². The molecule has 80 valence electrons. The van der Waals surface area contributed by atoms with Crippen molar-refractivity contribution in [3.8, 4) is 0 Å². The number of rotatable bonds is 3. The highest BCUT2D eigenvalue weighted by Gasteiger charge is 2.23. The highest BCUT2D eigenvalue weighted by molar-refractivity contribution is 5.87. The van der Waals surface area contributed by atoms with Gasteiger partial charge in [0.15, 0.2) is 0 Å². The van der Waals surface area contributed by atoms with Gasteiger partial charge in [0.05, 0.1) is 0 Å². The predicted molar refractivity (Wildman–Crippen MR) is 50.5 cm³/mol. The van der Waals surface area contributed by atoms with Gasteiger partial charge in [0.25, 0.3) is 0 Å². The first-order chi connectivity index (χ1) is 6.65. The predicted octanol–water partition coefficient (Wildman–Crippen LogP) is -0.894. The van der Waals surface area contributed by atoms with E-state index < -0.39 is 18.6 Å². The number of amides is 2. The van der Waals surface area contributed by atoms with Crippen LogP contribution in [0.5, 0.6) is 0 Å². The van der Waals surface area contributed by atoms with E-state index in [9.17, 15) is 9.59 Å². The van der Waals surface area contributed by atoms with E-state index in [0.717, 1.165) is 25.9 Å². The first-order valence-corrected chi connectivity index (χ1v) is 4.84. The first-order valence-electron chi connectivity index (χ1n) is 4.84. The number of aliphatic hydroxyl groups is 1. The second kappa shape index (κ2) is 4.95. The van der Waals surface area contributed by atoms with E-state index in [1.54, 1.807) is 11.8 Å². The smallest absolute Gasteiger partial charge is 0.246 e. The molecule has 0 aromatic carbocycles. The zero-order chi connectivity index (χ0) is 10.6. The van der Waals surface area contributed by atoms with Crippen LogP contribution in [-0.4, -0.2) is 47.6 Å².